The Balaban J connectivity index is 3.21. The fraction of sp³-hybridized carbons (Fsp3) is 0.462. The normalized spacial score (nSPS) is 11.9. The van der Waals surface area contributed by atoms with Crippen molar-refractivity contribution in [2.45, 2.75) is 31.7 Å². The van der Waals surface area contributed by atoms with Gasteiger partial charge in [0.05, 0.1) is 12.0 Å². The van der Waals surface area contributed by atoms with Crippen molar-refractivity contribution in [3.63, 3.8) is 0 Å². The van der Waals surface area contributed by atoms with Gasteiger partial charge in [0.25, 0.3) is 0 Å². The monoisotopic (exact) mass is 285 g/mol. The van der Waals surface area contributed by atoms with Gasteiger partial charge in [0, 0.05) is 6.04 Å². The minimum atomic E-state index is -3.70. The van der Waals surface area contributed by atoms with Crippen LogP contribution in [-0.2, 0) is 19.6 Å². The largest absolute Gasteiger partial charge is 0.468 e. The molecule has 0 amide bonds. The lowest BCUT2D eigenvalue weighted by Gasteiger charge is -2.25. The fourth-order valence-corrected chi connectivity index (χ4v) is 3.52. The summed E-state index contributed by atoms with van der Waals surface area (Å²) in [5.74, 6) is -0.578. The van der Waals surface area contributed by atoms with E-state index < -0.39 is 16.0 Å². The lowest BCUT2D eigenvalue weighted by atomic mass is 10.2. The molecule has 19 heavy (non-hydrogen) atoms. The molecule has 0 heterocycles. The molecule has 0 fully saturated rings. The highest BCUT2D eigenvalue weighted by molar-refractivity contribution is 7.89. The number of benzene rings is 1. The first-order valence-corrected chi connectivity index (χ1v) is 7.39. The molecule has 106 valence electrons. The molecule has 0 aromatic heterocycles. The number of esters is 1. The lowest BCUT2D eigenvalue weighted by Crippen LogP contribution is -2.41. The molecular formula is C13H19NO4S. The summed E-state index contributed by atoms with van der Waals surface area (Å²) < 4.78 is 30.8. The van der Waals surface area contributed by atoms with Crippen molar-refractivity contribution in [3.8, 4) is 0 Å². The van der Waals surface area contributed by atoms with E-state index in [-0.39, 0.29) is 17.5 Å². The van der Waals surface area contributed by atoms with Gasteiger partial charge in [0.2, 0.25) is 10.0 Å². The number of ether oxygens (including phenoxy) is 1. The maximum absolute atomic E-state index is 12.6. The number of nitrogens with zero attached hydrogens (tertiary/aromatic N) is 1. The van der Waals surface area contributed by atoms with Crippen molar-refractivity contribution in [1.29, 1.82) is 0 Å². The molecule has 0 radical (unpaired) electrons. The highest BCUT2D eigenvalue weighted by Gasteiger charge is 2.30. The average molecular weight is 285 g/mol. The van der Waals surface area contributed by atoms with Crippen molar-refractivity contribution in [3.05, 3.63) is 29.8 Å². The number of carbonyl (C=O) groups excluding carboxylic acids is 1. The minimum Gasteiger partial charge on any atom is -0.468 e. The molecule has 0 aliphatic heterocycles. The van der Waals surface area contributed by atoms with Gasteiger partial charge < -0.3 is 4.74 Å². The van der Waals surface area contributed by atoms with Gasteiger partial charge in [-0.2, -0.15) is 4.31 Å². The number of aryl methyl sites for hydroxylation is 1. The van der Waals surface area contributed by atoms with Crippen molar-refractivity contribution < 1.29 is 17.9 Å². The van der Waals surface area contributed by atoms with Crippen LogP contribution >= 0.6 is 0 Å². The predicted octanol–water partition coefficient (Wildman–Crippen LogP) is 1.57. The average Bonchev–Trinajstić information content (AvgIpc) is 2.35. The van der Waals surface area contributed by atoms with Gasteiger partial charge in [-0.25, -0.2) is 8.42 Å². The van der Waals surface area contributed by atoms with Crippen LogP contribution in [0.1, 0.15) is 19.4 Å². The second-order valence-electron chi connectivity index (χ2n) is 4.49. The third-order valence-corrected chi connectivity index (χ3v) is 4.95. The maximum Gasteiger partial charge on any atom is 0.321 e. The topological polar surface area (TPSA) is 63.7 Å². The Labute approximate surface area is 114 Å². The molecule has 0 atom stereocenters. The molecule has 0 saturated heterocycles. The summed E-state index contributed by atoms with van der Waals surface area (Å²) in [5, 5.41) is 0. The Morgan fingerprint density at radius 1 is 1.32 bits per heavy atom. The van der Waals surface area contributed by atoms with E-state index in [2.05, 4.69) is 4.74 Å². The molecule has 0 aliphatic carbocycles. The summed E-state index contributed by atoms with van der Waals surface area (Å²) in [6.45, 7) is 4.88. The summed E-state index contributed by atoms with van der Waals surface area (Å²) in [5.41, 5.74) is 0.651. The molecule has 0 aliphatic rings. The fourth-order valence-electron chi connectivity index (χ4n) is 1.71. The van der Waals surface area contributed by atoms with Gasteiger partial charge in [-0.15, -0.1) is 0 Å². The second-order valence-corrected chi connectivity index (χ2v) is 6.34. The van der Waals surface area contributed by atoms with E-state index >= 15 is 0 Å². The number of methoxy groups -OCH3 is 1. The molecule has 1 aromatic rings. The molecular weight excluding hydrogens is 266 g/mol. The molecule has 6 heteroatoms. The third-order valence-electron chi connectivity index (χ3n) is 2.77. The molecule has 0 unspecified atom stereocenters. The third kappa shape index (κ3) is 3.54. The van der Waals surface area contributed by atoms with Crippen LogP contribution in [-0.4, -0.2) is 38.4 Å². The van der Waals surface area contributed by atoms with Crippen LogP contribution in [0.5, 0.6) is 0 Å². The van der Waals surface area contributed by atoms with E-state index in [1.54, 1.807) is 39.0 Å². The SMILES string of the molecule is COC(=O)CN(C(C)C)S(=O)(=O)c1ccccc1C. The molecule has 5 nitrogen and oxygen atoms in total. The Hall–Kier alpha value is -1.40. The quantitative estimate of drug-likeness (QED) is 0.770. The van der Waals surface area contributed by atoms with Crippen LogP contribution in [0.15, 0.2) is 29.2 Å². The number of hydrogen-bond donors (Lipinski definition) is 0. The first-order chi connectivity index (χ1) is 8.80. The van der Waals surface area contributed by atoms with E-state index in [0.29, 0.717) is 5.56 Å². The molecule has 1 aromatic carbocycles. The summed E-state index contributed by atoms with van der Waals surface area (Å²) in [6.07, 6.45) is 0. The number of carbonyl (C=O) groups is 1. The molecule has 0 spiro atoms. The summed E-state index contributed by atoms with van der Waals surface area (Å²) >= 11 is 0. The summed E-state index contributed by atoms with van der Waals surface area (Å²) in [6, 6.07) is 6.37. The van der Waals surface area contributed by atoms with Gasteiger partial charge in [-0.1, -0.05) is 18.2 Å². The van der Waals surface area contributed by atoms with Gasteiger partial charge in [0.1, 0.15) is 6.54 Å². The van der Waals surface area contributed by atoms with E-state index in [9.17, 15) is 13.2 Å². The summed E-state index contributed by atoms with van der Waals surface area (Å²) in [4.78, 5) is 11.6. The lowest BCUT2D eigenvalue weighted by molar-refractivity contribution is -0.141. The van der Waals surface area contributed by atoms with Crippen LogP contribution in [0.25, 0.3) is 0 Å². The Kier molecular flexibility index (Phi) is 5.08. The Morgan fingerprint density at radius 3 is 2.37 bits per heavy atom. The first-order valence-electron chi connectivity index (χ1n) is 5.95. The zero-order chi connectivity index (χ0) is 14.6. The van der Waals surface area contributed by atoms with Crippen LogP contribution in [0.3, 0.4) is 0 Å². The maximum atomic E-state index is 12.6. The van der Waals surface area contributed by atoms with E-state index in [0.717, 1.165) is 4.31 Å². The minimum absolute atomic E-state index is 0.215. The summed E-state index contributed by atoms with van der Waals surface area (Å²) in [7, 11) is -2.47. The van der Waals surface area contributed by atoms with Crippen LogP contribution in [0.2, 0.25) is 0 Å². The number of sulfonamides is 1. The van der Waals surface area contributed by atoms with Crippen LogP contribution < -0.4 is 0 Å². The number of hydrogen-bond acceptors (Lipinski definition) is 4. The van der Waals surface area contributed by atoms with Gasteiger partial charge in [-0.05, 0) is 32.4 Å². The van der Waals surface area contributed by atoms with Gasteiger partial charge in [-0.3, -0.25) is 4.79 Å². The zero-order valence-electron chi connectivity index (χ0n) is 11.6. The van der Waals surface area contributed by atoms with E-state index in [1.807, 2.05) is 0 Å². The van der Waals surface area contributed by atoms with Crippen molar-refractivity contribution >= 4 is 16.0 Å². The van der Waals surface area contributed by atoms with Gasteiger partial charge >= 0.3 is 5.97 Å². The highest BCUT2D eigenvalue weighted by atomic mass is 32.2. The zero-order valence-corrected chi connectivity index (χ0v) is 12.4. The van der Waals surface area contributed by atoms with Crippen molar-refractivity contribution in [2.75, 3.05) is 13.7 Å². The van der Waals surface area contributed by atoms with E-state index in [1.165, 1.54) is 13.2 Å². The van der Waals surface area contributed by atoms with E-state index in [4.69, 9.17) is 0 Å². The second kappa shape index (κ2) is 6.16. The van der Waals surface area contributed by atoms with Crippen molar-refractivity contribution in [1.82, 2.24) is 4.31 Å². The van der Waals surface area contributed by atoms with Gasteiger partial charge in [0.15, 0.2) is 0 Å². The van der Waals surface area contributed by atoms with Crippen molar-refractivity contribution in [2.24, 2.45) is 0 Å². The molecule has 0 N–H and O–H groups in total. The molecule has 1 rings (SSSR count). The van der Waals surface area contributed by atoms with Crippen LogP contribution in [0.4, 0.5) is 0 Å². The highest BCUT2D eigenvalue weighted by Crippen LogP contribution is 2.21. The first kappa shape index (κ1) is 15.7. The predicted molar refractivity (Wildman–Crippen MR) is 72.2 cm³/mol. The molecule has 0 bridgehead atoms. The van der Waals surface area contributed by atoms with Crippen LogP contribution in [0, 0.1) is 6.92 Å². The smallest absolute Gasteiger partial charge is 0.321 e. The molecule has 0 saturated carbocycles. The Morgan fingerprint density at radius 2 is 1.89 bits per heavy atom. The number of rotatable bonds is 5. The Bertz CT molecular complexity index is 552. The standard InChI is InChI=1S/C13H19NO4S/c1-10(2)14(9-13(15)18-4)19(16,17)12-8-6-5-7-11(12)3/h5-8,10H,9H2,1-4H3.